The zero-order chi connectivity index (χ0) is 9.97. The van der Waals surface area contributed by atoms with Crippen molar-refractivity contribution in [1.29, 1.82) is 0 Å². The van der Waals surface area contributed by atoms with E-state index in [4.69, 9.17) is 9.47 Å². The van der Waals surface area contributed by atoms with Gasteiger partial charge in [0.25, 0.3) is 0 Å². The zero-order valence-corrected chi connectivity index (χ0v) is 8.03. The third-order valence-corrected chi connectivity index (χ3v) is 2.75. The van der Waals surface area contributed by atoms with E-state index >= 15 is 0 Å². The molecule has 14 heavy (non-hydrogen) atoms. The highest BCUT2D eigenvalue weighted by atomic mass is 16.6. The van der Waals surface area contributed by atoms with Crippen molar-refractivity contribution in [2.45, 2.75) is 50.7 Å². The van der Waals surface area contributed by atoms with Crippen LogP contribution in [0.5, 0.6) is 0 Å². The minimum Gasteiger partial charge on any atom is -0.462 e. The summed E-state index contributed by atoms with van der Waals surface area (Å²) in [5, 5.41) is 0. The third kappa shape index (κ3) is 2.25. The summed E-state index contributed by atoms with van der Waals surface area (Å²) in [6, 6.07) is 0. The first-order chi connectivity index (χ1) is 6.74. The molecule has 0 N–H and O–H groups in total. The first-order valence-electron chi connectivity index (χ1n) is 5.13. The van der Waals surface area contributed by atoms with Crippen LogP contribution in [0.15, 0.2) is 0 Å². The van der Waals surface area contributed by atoms with Crippen molar-refractivity contribution in [2.75, 3.05) is 0 Å². The number of carbonyl (C=O) groups is 2. The van der Waals surface area contributed by atoms with Gasteiger partial charge in [-0.25, -0.2) is 0 Å². The van der Waals surface area contributed by atoms with Crippen LogP contribution in [0.3, 0.4) is 0 Å². The SMILES string of the molecule is O=C1CCC(=O)OC2CCC(CC2)O1. The predicted molar refractivity (Wildman–Crippen MR) is 47.5 cm³/mol. The molecule has 0 aromatic heterocycles. The van der Waals surface area contributed by atoms with Crippen LogP contribution >= 0.6 is 0 Å². The number of hydrogen-bond acceptors (Lipinski definition) is 4. The molecule has 3 aliphatic rings. The maximum atomic E-state index is 11.2. The van der Waals surface area contributed by atoms with E-state index in [0.29, 0.717) is 0 Å². The minimum atomic E-state index is -0.271. The number of hydrogen-bond donors (Lipinski definition) is 0. The lowest BCUT2D eigenvalue weighted by Gasteiger charge is -2.29. The van der Waals surface area contributed by atoms with Crippen molar-refractivity contribution < 1.29 is 19.1 Å². The van der Waals surface area contributed by atoms with Gasteiger partial charge in [0.2, 0.25) is 0 Å². The highest BCUT2D eigenvalue weighted by molar-refractivity contribution is 5.78. The minimum absolute atomic E-state index is 0.0514. The zero-order valence-electron chi connectivity index (χ0n) is 8.03. The van der Waals surface area contributed by atoms with Gasteiger partial charge in [0.05, 0.1) is 12.8 Å². The average Bonchev–Trinajstić information content (AvgIpc) is 2.18. The van der Waals surface area contributed by atoms with Crippen LogP contribution in [-0.2, 0) is 19.1 Å². The van der Waals surface area contributed by atoms with E-state index in [1.165, 1.54) is 0 Å². The highest BCUT2D eigenvalue weighted by Gasteiger charge is 2.28. The molecule has 0 radical (unpaired) electrons. The second-order valence-corrected chi connectivity index (χ2v) is 3.88. The molecule has 1 aliphatic carbocycles. The van der Waals surface area contributed by atoms with Gasteiger partial charge in [-0.1, -0.05) is 0 Å². The van der Waals surface area contributed by atoms with Crippen molar-refractivity contribution in [1.82, 2.24) is 0 Å². The Hall–Kier alpha value is -1.06. The number of esters is 2. The van der Waals surface area contributed by atoms with Crippen molar-refractivity contribution in [3.63, 3.8) is 0 Å². The van der Waals surface area contributed by atoms with Crippen LogP contribution in [0, 0.1) is 0 Å². The molecule has 78 valence electrons. The van der Waals surface area contributed by atoms with Crippen molar-refractivity contribution in [2.24, 2.45) is 0 Å². The Morgan fingerprint density at radius 1 is 0.786 bits per heavy atom. The summed E-state index contributed by atoms with van der Waals surface area (Å²) in [6.07, 6.45) is 3.70. The van der Waals surface area contributed by atoms with Gasteiger partial charge in [-0.15, -0.1) is 0 Å². The summed E-state index contributed by atoms with van der Waals surface area (Å²) in [6.45, 7) is 0. The van der Waals surface area contributed by atoms with Crippen molar-refractivity contribution in [3.8, 4) is 0 Å². The first kappa shape index (κ1) is 9.49. The van der Waals surface area contributed by atoms with Gasteiger partial charge in [-0.2, -0.15) is 0 Å². The average molecular weight is 198 g/mol. The van der Waals surface area contributed by atoms with E-state index in [2.05, 4.69) is 0 Å². The normalized spacial score (nSPS) is 33.4. The summed E-state index contributed by atoms with van der Waals surface area (Å²) in [5.74, 6) is -0.542. The summed E-state index contributed by atoms with van der Waals surface area (Å²) >= 11 is 0. The number of ether oxygens (including phenoxy) is 2. The van der Waals surface area contributed by atoms with Gasteiger partial charge in [0, 0.05) is 0 Å². The summed E-state index contributed by atoms with van der Waals surface area (Å²) < 4.78 is 10.4. The number of rotatable bonds is 0. The topological polar surface area (TPSA) is 52.6 Å². The summed E-state index contributed by atoms with van der Waals surface area (Å²) in [7, 11) is 0. The molecule has 2 aliphatic heterocycles. The first-order valence-corrected chi connectivity index (χ1v) is 5.13. The largest absolute Gasteiger partial charge is 0.462 e. The van der Waals surface area contributed by atoms with E-state index in [0.717, 1.165) is 25.7 Å². The second-order valence-electron chi connectivity index (χ2n) is 3.88. The highest BCUT2D eigenvalue weighted by Crippen LogP contribution is 2.25. The molecule has 2 heterocycles. The molecule has 2 saturated heterocycles. The van der Waals surface area contributed by atoms with Crippen molar-refractivity contribution in [3.05, 3.63) is 0 Å². The lowest BCUT2D eigenvalue weighted by atomic mass is 9.94. The Kier molecular flexibility index (Phi) is 2.70. The standard InChI is InChI=1S/C10H14O4/c11-9-5-6-10(12)14-8-2-1-7(13-9)3-4-8/h7-8H,1-6H2. The van der Waals surface area contributed by atoms with Gasteiger partial charge in [0.15, 0.2) is 0 Å². The maximum Gasteiger partial charge on any atom is 0.306 e. The molecule has 0 aromatic rings. The van der Waals surface area contributed by atoms with Gasteiger partial charge >= 0.3 is 11.9 Å². The van der Waals surface area contributed by atoms with E-state index in [1.54, 1.807) is 0 Å². The fourth-order valence-electron chi connectivity index (χ4n) is 1.96. The number of fused-ring (bicyclic) bond motifs is 7. The number of carbonyl (C=O) groups excluding carboxylic acids is 2. The molecule has 2 bridgehead atoms. The van der Waals surface area contributed by atoms with E-state index in [9.17, 15) is 9.59 Å². The molecule has 0 unspecified atom stereocenters. The molecule has 4 nitrogen and oxygen atoms in total. The summed E-state index contributed by atoms with van der Waals surface area (Å²) in [4.78, 5) is 22.4. The quantitative estimate of drug-likeness (QED) is 0.548. The van der Waals surface area contributed by atoms with Crippen LogP contribution in [0.1, 0.15) is 38.5 Å². The van der Waals surface area contributed by atoms with Gasteiger partial charge in [0.1, 0.15) is 12.2 Å². The fourth-order valence-corrected chi connectivity index (χ4v) is 1.96. The Morgan fingerprint density at radius 3 is 1.50 bits per heavy atom. The Labute approximate surface area is 82.6 Å². The van der Waals surface area contributed by atoms with E-state index < -0.39 is 0 Å². The van der Waals surface area contributed by atoms with E-state index in [1.807, 2.05) is 0 Å². The molecule has 3 rings (SSSR count). The molecule has 0 spiro atoms. The summed E-state index contributed by atoms with van der Waals surface area (Å²) in [5.41, 5.74) is 0. The lowest BCUT2D eigenvalue weighted by Crippen LogP contribution is -2.31. The molecule has 0 atom stereocenters. The predicted octanol–water partition coefficient (Wildman–Crippen LogP) is 1.18. The molecule has 0 aromatic carbocycles. The Morgan fingerprint density at radius 2 is 1.14 bits per heavy atom. The molecule has 0 amide bonds. The monoisotopic (exact) mass is 198 g/mol. The van der Waals surface area contributed by atoms with Gasteiger partial charge in [-0.3, -0.25) is 9.59 Å². The van der Waals surface area contributed by atoms with Gasteiger partial charge in [-0.05, 0) is 25.7 Å². The van der Waals surface area contributed by atoms with Gasteiger partial charge < -0.3 is 9.47 Å². The molecule has 1 saturated carbocycles. The molecule has 3 fully saturated rings. The molecule has 4 heteroatoms. The van der Waals surface area contributed by atoms with Crippen molar-refractivity contribution >= 4 is 11.9 Å². The van der Waals surface area contributed by atoms with Crippen LogP contribution in [0.4, 0.5) is 0 Å². The molecular formula is C10H14O4. The fraction of sp³-hybridized carbons (Fsp3) is 0.800. The maximum absolute atomic E-state index is 11.2. The van der Waals surface area contributed by atoms with E-state index in [-0.39, 0.29) is 37.0 Å². The smallest absolute Gasteiger partial charge is 0.306 e. The van der Waals surface area contributed by atoms with Crippen LogP contribution in [0.25, 0.3) is 0 Å². The van der Waals surface area contributed by atoms with Crippen LogP contribution in [0.2, 0.25) is 0 Å². The Balaban J connectivity index is 2.02. The third-order valence-electron chi connectivity index (χ3n) is 2.75. The second kappa shape index (κ2) is 3.98. The van der Waals surface area contributed by atoms with Crippen LogP contribution < -0.4 is 0 Å². The Bertz CT molecular complexity index is 215. The van der Waals surface area contributed by atoms with Crippen LogP contribution in [-0.4, -0.2) is 24.1 Å². The molecular weight excluding hydrogens is 184 g/mol. The lowest BCUT2D eigenvalue weighted by molar-refractivity contribution is -0.164.